The molecule has 2 aromatic heterocycles. The molecule has 1 N–H and O–H groups in total. The van der Waals surface area contributed by atoms with E-state index in [2.05, 4.69) is 25.4 Å². The highest BCUT2D eigenvalue weighted by atomic mass is 16.2. The molecule has 0 atom stereocenters. The topological polar surface area (TPSA) is 91.3 Å². The summed E-state index contributed by atoms with van der Waals surface area (Å²) in [7, 11) is 0. The van der Waals surface area contributed by atoms with Gasteiger partial charge in [0.1, 0.15) is 5.82 Å². The maximum Gasteiger partial charge on any atom is 0.253 e. The number of nitrogens with one attached hydrogen (secondary N) is 1. The summed E-state index contributed by atoms with van der Waals surface area (Å²) < 4.78 is 0. The number of carbonyl (C=O) groups is 2. The fourth-order valence-electron chi connectivity index (χ4n) is 3.47. The first-order valence-corrected chi connectivity index (χ1v) is 10.2. The number of nitrogens with zero attached hydrogens (tertiary/aromatic N) is 5. The fourth-order valence-corrected chi connectivity index (χ4v) is 3.47. The van der Waals surface area contributed by atoms with E-state index in [1.807, 2.05) is 42.2 Å². The minimum absolute atomic E-state index is 0.00918. The normalized spacial score (nSPS) is 13.7. The number of aromatic nitrogens is 3. The molecule has 3 heterocycles. The van der Waals surface area contributed by atoms with Gasteiger partial charge in [-0.3, -0.25) is 9.59 Å². The molecule has 1 aliphatic rings. The number of hydrogen-bond acceptors (Lipinski definition) is 7. The number of piperazine rings is 1. The Morgan fingerprint density at radius 3 is 2.16 bits per heavy atom. The molecule has 1 aliphatic heterocycles. The quantitative estimate of drug-likeness (QED) is 0.639. The van der Waals surface area contributed by atoms with Crippen LogP contribution >= 0.6 is 0 Å². The van der Waals surface area contributed by atoms with Gasteiger partial charge >= 0.3 is 0 Å². The van der Waals surface area contributed by atoms with E-state index in [4.69, 9.17) is 0 Å². The lowest BCUT2D eigenvalue weighted by atomic mass is 10.1. The summed E-state index contributed by atoms with van der Waals surface area (Å²) >= 11 is 0. The monoisotopic (exact) mass is 416 g/mol. The predicted molar refractivity (Wildman–Crippen MR) is 119 cm³/mol. The molecule has 1 saturated heterocycles. The Labute approximate surface area is 180 Å². The lowest BCUT2D eigenvalue weighted by molar-refractivity contribution is 0.0746. The number of Topliss-reactive ketones (excluding diaryl/α,β-unsaturated/α-hetero) is 1. The Balaban J connectivity index is 1.34. The molecule has 1 fully saturated rings. The zero-order valence-electron chi connectivity index (χ0n) is 17.6. The van der Waals surface area contributed by atoms with Gasteiger partial charge in [-0.15, -0.1) is 10.2 Å². The third-order valence-corrected chi connectivity index (χ3v) is 5.22. The molecular weight excluding hydrogens is 392 g/mol. The van der Waals surface area contributed by atoms with E-state index in [-0.39, 0.29) is 11.7 Å². The van der Waals surface area contributed by atoms with E-state index < -0.39 is 0 Å². The second-order valence-corrected chi connectivity index (χ2v) is 7.48. The first-order valence-electron chi connectivity index (χ1n) is 10.2. The first-order chi connectivity index (χ1) is 15.0. The van der Waals surface area contributed by atoms with E-state index in [1.54, 1.807) is 24.3 Å². The standard InChI is InChI=1S/C23H24N6O2/c1-16-4-3-5-20(24-16)25-21-10-11-22(27-26-21)28-12-14-29(15-13-28)23(31)19-8-6-18(7-9-19)17(2)30/h3-11H,12-15H2,1-2H3,(H,24,25,26). The summed E-state index contributed by atoms with van der Waals surface area (Å²) in [6, 6.07) is 16.4. The van der Waals surface area contributed by atoms with Gasteiger partial charge in [-0.25, -0.2) is 4.98 Å². The molecule has 0 aliphatic carbocycles. The van der Waals surface area contributed by atoms with Crippen molar-refractivity contribution in [1.29, 1.82) is 0 Å². The van der Waals surface area contributed by atoms with Gasteiger partial charge in [0.25, 0.3) is 5.91 Å². The summed E-state index contributed by atoms with van der Waals surface area (Å²) in [5.41, 5.74) is 2.13. The second kappa shape index (κ2) is 8.91. The van der Waals surface area contributed by atoms with Gasteiger partial charge in [-0.1, -0.05) is 18.2 Å². The van der Waals surface area contributed by atoms with Crippen molar-refractivity contribution < 1.29 is 9.59 Å². The molecule has 0 bridgehead atoms. The van der Waals surface area contributed by atoms with Crippen molar-refractivity contribution in [3.05, 3.63) is 71.4 Å². The van der Waals surface area contributed by atoms with Crippen molar-refractivity contribution >= 4 is 29.1 Å². The molecule has 0 unspecified atom stereocenters. The van der Waals surface area contributed by atoms with Crippen LogP contribution < -0.4 is 10.2 Å². The van der Waals surface area contributed by atoms with Crippen LogP contribution in [0.3, 0.4) is 0 Å². The number of amides is 1. The van der Waals surface area contributed by atoms with E-state index in [0.29, 0.717) is 43.1 Å². The largest absolute Gasteiger partial charge is 0.352 e. The number of pyridine rings is 1. The van der Waals surface area contributed by atoms with Crippen LogP contribution in [0.2, 0.25) is 0 Å². The number of hydrogen-bond donors (Lipinski definition) is 1. The third-order valence-electron chi connectivity index (χ3n) is 5.22. The van der Waals surface area contributed by atoms with Crippen LogP contribution in [0, 0.1) is 6.92 Å². The van der Waals surface area contributed by atoms with E-state index in [9.17, 15) is 9.59 Å². The summed E-state index contributed by atoms with van der Waals surface area (Å²) in [5.74, 6) is 2.10. The summed E-state index contributed by atoms with van der Waals surface area (Å²) in [5, 5.41) is 11.7. The molecule has 31 heavy (non-hydrogen) atoms. The predicted octanol–water partition coefficient (Wildman–Crippen LogP) is 3.09. The molecule has 0 radical (unpaired) electrons. The van der Waals surface area contributed by atoms with Gasteiger partial charge in [0.15, 0.2) is 17.4 Å². The number of carbonyl (C=O) groups excluding carboxylic acids is 2. The lowest BCUT2D eigenvalue weighted by Crippen LogP contribution is -2.49. The second-order valence-electron chi connectivity index (χ2n) is 7.48. The zero-order chi connectivity index (χ0) is 21.8. The highest BCUT2D eigenvalue weighted by Crippen LogP contribution is 2.18. The fraction of sp³-hybridized carbons (Fsp3) is 0.261. The van der Waals surface area contributed by atoms with E-state index in [0.717, 1.165) is 17.3 Å². The van der Waals surface area contributed by atoms with Gasteiger partial charge < -0.3 is 15.1 Å². The highest BCUT2D eigenvalue weighted by molar-refractivity contribution is 5.97. The average Bonchev–Trinajstić information content (AvgIpc) is 2.79. The summed E-state index contributed by atoms with van der Waals surface area (Å²) in [6.07, 6.45) is 0. The van der Waals surface area contributed by atoms with Crippen molar-refractivity contribution in [2.45, 2.75) is 13.8 Å². The van der Waals surface area contributed by atoms with Crippen LogP contribution in [-0.4, -0.2) is 58.0 Å². The Morgan fingerprint density at radius 1 is 0.839 bits per heavy atom. The van der Waals surface area contributed by atoms with Gasteiger partial charge in [0.2, 0.25) is 0 Å². The molecule has 1 amide bonds. The van der Waals surface area contributed by atoms with Crippen molar-refractivity contribution in [2.24, 2.45) is 0 Å². The molecule has 8 heteroatoms. The number of benzene rings is 1. The van der Waals surface area contributed by atoms with Crippen molar-refractivity contribution in [2.75, 3.05) is 36.4 Å². The maximum absolute atomic E-state index is 12.7. The Kier molecular flexibility index (Phi) is 5.88. The zero-order valence-corrected chi connectivity index (χ0v) is 17.6. The number of ketones is 1. The number of anilines is 3. The highest BCUT2D eigenvalue weighted by Gasteiger charge is 2.23. The molecule has 8 nitrogen and oxygen atoms in total. The van der Waals surface area contributed by atoms with Gasteiger partial charge in [-0.2, -0.15) is 0 Å². The van der Waals surface area contributed by atoms with Crippen LogP contribution in [0.15, 0.2) is 54.6 Å². The Hall–Kier alpha value is -3.81. The first kappa shape index (κ1) is 20.5. The maximum atomic E-state index is 12.7. The molecule has 0 spiro atoms. The lowest BCUT2D eigenvalue weighted by Gasteiger charge is -2.35. The van der Waals surface area contributed by atoms with Crippen LogP contribution in [-0.2, 0) is 0 Å². The molecular formula is C23H24N6O2. The van der Waals surface area contributed by atoms with Crippen LogP contribution in [0.25, 0.3) is 0 Å². The van der Waals surface area contributed by atoms with E-state index in [1.165, 1.54) is 6.92 Å². The Morgan fingerprint density at radius 2 is 1.55 bits per heavy atom. The van der Waals surface area contributed by atoms with Crippen molar-refractivity contribution in [1.82, 2.24) is 20.1 Å². The Bertz CT molecular complexity index is 1070. The minimum atomic E-state index is -0.0222. The smallest absolute Gasteiger partial charge is 0.253 e. The van der Waals surface area contributed by atoms with Crippen molar-refractivity contribution in [3.63, 3.8) is 0 Å². The molecule has 1 aromatic carbocycles. The molecule has 0 saturated carbocycles. The molecule has 4 rings (SSSR count). The minimum Gasteiger partial charge on any atom is -0.352 e. The van der Waals surface area contributed by atoms with Gasteiger partial charge in [0.05, 0.1) is 0 Å². The van der Waals surface area contributed by atoms with Gasteiger partial charge in [-0.05, 0) is 50.2 Å². The third kappa shape index (κ3) is 4.85. The van der Waals surface area contributed by atoms with Gasteiger partial charge in [0, 0.05) is 43.0 Å². The van der Waals surface area contributed by atoms with Crippen molar-refractivity contribution in [3.8, 4) is 0 Å². The van der Waals surface area contributed by atoms with Crippen LogP contribution in [0.5, 0.6) is 0 Å². The number of aryl methyl sites for hydroxylation is 1. The SMILES string of the molecule is CC(=O)c1ccc(C(=O)N2CCN(c3ccc(Nc4cccc(C)n4)nn3)CC2)cc1. The molecule has 158 valence electrons. The number of rotatable bonds is 5. The van der Waals surface area contributed by atoms with E-state index >= 15 is 0 Å². The average molecular weight is 416 g/mol. The van der Waals surface area contributed by atoms with Crippen LogP contribution in [0.4, 0.5) is 17.5 Å². The summed E-state index contributed by atoms with van der Waals surface area (Å²) in [6.45, 7) is 6.01. The summed E-state index contributed by atoms with van der Waals surface area (Å²) in [4.78, 5) is 32.5. The van der Waals surface area contributed by atoms with Crippen LogP contribution in [0.1, 0.15) is 33.3 Å². The molecule has 3 aromatic rings.